The van der Waals surface area contributed by atoms with E-state index in [4.69, 9.17) is 4.74 Å². The summed E-state index contributed by atoms with van der Waals surface area (Å²) in [5.41, 5.74) is 0.326. The molecule has 0 bridgehead atoms. The number of ether oxygens (including phenoxy) is 1. The summed E-state index contributed by atoms with van der Waals surface area (Å²) in [5.74, 6) is -2.11. The molecule has 0 spiro atoms. The molecule has 0 atom stereocenters. The van der Waals surface area contributed by atoms with Crippen LogP contribution in [0.4, 0.5) is 5.69 Å². The van der Waals surface area contributed by atoms with E-state index < -0.39 is 28.1 Å². The molecule has 0 amide bonds. The van der Waals surface area contributed by atoms with Gasteiger partial charge in [-0.25, -0.2) is 4.79 Å². The van der Waals surface area contributed by atoms with E-state index >= 15 is 0 Å². The van der Waals surface area contributed by atoms with E-state index in [2.05, 4.69) is 0 Å². The zero-order valence-corrected chi connectivity index (χ0v) is 12.6. The number of esters is 1. The Hall–Kier alpha value is -3.35. The van der Waals surface area contributed by atoms with Gasteiger partial charge in [0.2, 0.25) is 5.75 Å². The highest BCUT2D eigenvalue weighted by molar-refractivity contribution is 5.88. The van der Waals surface area contributed by atoms with Gasteiger partial charge in [-0.1, -0.05) is 30.3 Å². The van der Waals surface area contributed by atoms with Gasteiger partial charge in [-0.3, -0.25) is 10.1 Å². The number of nitro benzene ring substituents is 1. The van der Waals surface area contributed by atoms with Crippen LogP contribution in [0.5, 0.6) is 11.5 Å². The van der Waals surface area contributed by atoms with E-state index in [9.17, 15) is 25.1 Å². The van der Waals surface area contributed by atoms with Crippen molar-refractivity contribution >= 4 is 17.7 Å². The Bertz CT molecular complexity index is 770. The monoisotopic (exact) mass is 329 g/mol. The zero-order chi connectivity index (χ0) is 17.5. The second kappa shape index (κ2) is 7.77. The van der Waals surface area contributed by atoms with Crippen LogP contribution in [0.2, 0.25) is 0 Å². The van der Waals surface area contributed by atoms with Crippen LogP contribution in [0.3, 0.4) is 0 Å². The maximum absolute atomic E-state index is 11.6. The SMILES string of the molecule is O=C(/C=C/c1ccc(O)c(O)c1[N+](=O)[O-])OCCc1ccccc1. The van der Waals surface area contributed by atoms with E-state index in [-0.39, 0.29) is 12.2 Å². The first-order valence-electron chi connectivity index (χ1n) is 7.07. The van der Waals surface area contributed by atoms with Crippen molar-refractivity contribution in [2.45, 2.75) is 6.42 Å². The lowest BCUT2D eigenvalue weighted by molar-refractivity contribution is -0.386. The molecule has 124 valence electrons. The highest BCUT2D eigenvalue weighted by atomic mass is 16.6. The summed E-state index contributed by atoms with van der Waals surface area (Å²) >= 11 is 0. The minimum atomic E-state index is -0.848. The number of aromatic hydroxyl groups is 2. The number of phenolic OH excluding ortho intramolecular Hbond substituents is 2. The number of phenols is 2. The highest BCUT2D eigenvalue weighted by Crippen LogP contribution is 2.38. The van der Waals surface area contributed by atoms with Gasteiger partial charge in [0.15, 0.2) is 5.75 Å². The van der Waals surface area contributed by atoms with Crippen molar-refractivity contribution in [2.24, 2.45) is 0 Å². The van der Waals surface area contributed by atoms with E-state index in [1.165, 1.54) is 6.07 Å². The molecule has 7 nitrogen and oxygen atoms in total. The molecule has 0 unspecified atom stereocenters. The molecule has 0 saturated carbocycles. The van der Waals surface area contributed by atoms with Crippen LogP contribution in [0.25, 0.3) is 6.08 Å². The predicted octanol–water partition coefficient (Wildman–Crippen LogP) is 2.81. The second-order valence-electron chi connectivity index (χ2n) is 4.86. The number of carbonyl (C=O) groups is 1. The molecule has 2 aromatic rings. The molecular formula is C17H15NO6. The lowest BCUT2D eigenvalue weighted by Crippen LogP contribution is -2.04. The number of hydrogen-bond donors (Lipinski definition) is 2. The molecule has 0 heterocycles. The quantitative estimate of drug-likeness (QED) is 0.277. The molecule has 0 aliphatic carbocycles. The normalized spacial score (nSPS) is 10.7. The summed E-state index contributed by atoms with van der Waals surface area (Å²) in [6.45, 7) is 0.177. The van der Waals surface area contributed by atoms with Gasteiger partial charge in [0.25, 0.3) is 0 Å². The fourth-order valence-electron chi connectivity index (χ4n) is 2.03. The van der Waals surface area contributed by atoms with Crippen molar-refractivity contribution < 1.29 is 24.7 Å². The van der Waals surface area contributed by atoms with Gasteiger partial charge in [-0.05, 0) is 23.8 Å². The minimum Gasteiger partial charge on any atom is -0.504 e. The van der Waals surface area contributed by atoms with Crippen LogP contribution in [0, 0.1) is 10.1 Å². The Morgan fingerprint density at radius 3 is 2.54 bits per heavy atom. The van der Waals surface area contributed by atoms with Crippen molar-refractivity contribution in [3.05, 3.63) is 69.8 Å². The molecule has 2 aromatic carbocycles. The average molecular weight is 329 g/mol. The summed E-state index contributed by atoms with van der Waals surface area (Å²) in [6, 6.07) is 11.8. The third-order valence-corrected chi connectivity index (χ3v) is 3.22. The molecule has 2 rings (SSSR count). The maximum Gasteiger partial charge on any atom is 0.330 e. The molecule has 2 N–H and O–H groups in total. The van der Waals surface area contributed by atoms with Gasteiger partial charge in [0.05, 0.1) is 17.1 Å². The first-order chi connectivity index (χ1) is 11.5. The maximum atomic E-state index is 11.6. The van der Waals surface area contributed by atoms with E-state index in [0.29, 0.717) is 6.42 Å². The van der Waals surface area contributed by atoms with E-state index in [0.717, 1.165) is 23.8 Å². The summed E-state index contributed by atoms with van der Waals surface area (Å²) in [4.78, 5) is 21.8. The second-order valence-corrected chi connectivity index (χ2v) is 4.86. The Balaban J connectivity index is 1.99. The Morgan fingerprint density at radius 1 is 1.17 bits per heavy atom. The number of hydrogen-bond acceptors (Lipinski definition) is 6. The molecular weight excluding hydrogens is 314 g/mol. The average Bonchev–Trinajstić information content (AvgIpc) is 2.56. The Kier molecular flexibility index (Phi) is 5.51. The molecule has 0 radical (unpaired) electrons. The molecule has 7 heteroatoms. The Labute approximate surface area is 137 Å². The number of rotatable bonds is 6. The molecule has 0 aliphatic heterocycles. The topological polar surface area (TPSA) is 110 Å². The third-order valence-electron chi connectivity index (χ3n) is 3.22. The van der Waals surface area contributed by atoms with Gasteiger partial charge < -0.3 is 14.9 Å². The number of nitrogens with zero attached hydrogens (tertiary/aromatic N) is 1. The van der Waals surface area contributed by atoms with Crippen LogP contribution >= 0.6 is 0 Å². The smallest absolute Gasteiger partial charge is 0.330 e. The first-order valence-corrected chi connectivity index (χ1v) is 7.07. The van der Waals surface area contributed by atoms with Crippen molar-refractivity contribution in [1.82, 2.24) is 0 Å². The lowest BCUT2D eigenvalue weighted by atomic mass is 10.1. The number of nitro groups is 1. The van der Waals surface area contributed by atoms with Crippen LogP contribution in [-0.4, -0.2) is 27.7 Å². The van der Waals surface area contributed by atoms with Crippen LogP contribution in [-0.2, 0) is 16.0 Å². The Morgan fingerprint density at radius 2 is 1.88 bits per heavy atom. The van der Waals surface area contributed by atoms with Crippen molar-refractivity contribution in [3.63, 3.8) is 0 Å². The van der Waals surface area contributed by atoms with Gasteiger partial charge >= 0.3 is 11.7 Å². The van der Waals surface area contributed by atoms with Crippen molar-refractivity contribution in [2.75, 3.05) is 6.61 Å². The van der Waals surface area contributed by atoms with Crippen LogP contribution in [0.15, 0.2) is 48.5 Å². The number of carbonyl (C=O) groups excluding carboxylic acids is 1. The lowest BCUT2D eigenvalue weighted by Gasteiger charge is -2.03. The molecule has 0 saturated heterocycles. The van der Waals surface area contributed by atoms with Gasteiger partial charge in [-0.15, -0.1) is 0 Å². The summed E-state index contributed by atoms with van der Waals surface area (Å²) in [6.07, 6.45) is 2.74. The zero-order valence-electron chi connectivity index (χ0n) is 12.6. The highest BCUT2D eigenvalue weighted by Gasteiger charge is 2.21. The third kappa shape index (κ3) is 4.33. The molecule has 24 heavy (non-hydrogen) atoms. The summed E-state index contributed by atoms with van der Waals surface area (Å²) < 4.78 is 5.01. The summed E-state index contributed by atoms with van der Waals surface area (Å²) in [5, 5.41) is 29.8. The van der Waals surface area contributed by atoms with Gasteiger partial charge in [-0.2, -0.15) is 0 Å². The fraction of sp³-hybridized carbons (Fsp3) is 0.118. The molecule has 0 aliphatic rings. The van der Waals surface area contributed by atoms with Crippen molar-refractivity contribution in [3.8, 4) is 11.5 Å². The molecule has 0 aromatic heterocycles. The standard InChI is InChI=1S/C17H15NO6/c19-14-8-6-13(16(17(14)21)18(22)23)7-9-15(20)24-11-10-12-4-2-1-3-5-12/h1-9,19,21H,10-11H2/b9-7+. The predicted molar refractivity (Wildman–Crippen MR) is 86.6 cm³/mol. The van der Waals surface area contributed by atoms with Gasteiger partial charge in [0.1, 0.15) is 0 Å². The van der Waals surface area contributed by atoms with Gasteiger partial charge in [0, 0.05) is 12.5 Å². The minimum absolute atomic E-state index is 0.0182. The van der Waals surface area contributed by atoms with Crippen LogP contribution < -0.4 is 0 Å². The largest absolute Gasteiger partial charge is 0.504 e. The molecule has 0 fully saturated rings. The van der Waals surface area contributed by atoms with Crippen LogP contribution in [0.1, 0.15) is 11.1 Å². The first kappa shape index (κ1) is 17.0. The van der Waals surface area contributed by atoms with E-state index in [1.807, 2.05) is 30.3 Å². The fourth-order valence-corrected chi connectivity index (χ4v) is 2.03. The van der Waals surface area contributed by atoms with E-state index in [1.54, 1.807) is 0 Å². The van der Waals surface area contributed by atoms with Crippen molar-refractivity contribution in [1.29, 1.82) is 0 Å². The number of benzene rings is 2. The summed E-state index contributed by atoms with van der Waals surface area (Å²) in [7, 11) is 0.